The van der Waals surface area contributed by atoms with Crippen molar-refractivity contribution in [3.8, 4) is 0 Å². The number of rotatable bonds is 3. The van der Waals surface area contributed by atoms with Gasteiger partial charge in [-0.25, -0.2) is 9.37 Å². The van der Waals surface area contributed by atoms with Gasteiger partial charge in [-0.3, -0.25) is 4.40 Å². The van der Waals surface area contributed by atoms with E-state index in [9.17, 15) is 4.39 Å². The number of halogens is 1. The molecule has 2 aromatic heterocycles. The molecule has 20 heavy (non-hydrogen) atoms. The summed E-state index contributed by atoms with van der Waals surface area (Å²) in [4.78, 5) is 5.37. The highest BCUT2D eigenvalue weighted by Gasteiger charge is 2.21. The maximum absolute atomic E-state index is 14.6. The fourth-order valence-electron chi connectivity index (χ4n) is 2.80. The summed E-state index contributed by atoms with van der Waals surface area (Å²) in [7, 11) is 0. The van der Waals surface area contributed by atoms with Crippen LogP contribution in [0.25, 0.3) is 4.96 Å². The van der Waals surface area contributed by atoms with Crippen LogP contribution in [0.3, 0.4) is 0 Å². The van der Waals surface area contributed by atoms with Crippen molar-refractivity contribution < 1.29 is 4.39 Å². The zero-order valence-electron chi connectivity index (χ0n) is 10.8. The molecule has 5 heteroatoms. The average Bonchev–Trinajstić information content (AvgIpc) is 3.11. The number of aromatic nitrogens is 2. The van der Waals surface area contributed by atoms with E-state index in [1.807, 2.05) is 34.3 Å². The SMILES string of the molecule is FC(Cc1cn2ccsc2n1)c1cccc2c1NCC2. The van der Waals surface area contributed by atoms with Gasteiger partial charge in [0.2, 0.25) is 0 Å². The Kier molecular flexibility index (Phi) is 2.73. The monoisotopic (exact) mass is 287 g/mol. The molecule has 1 aliphatic heterocycles. The molecule has 1 aliphatic rings. The molecule has 3 aromatic rings. The van der Waals surface area contributed by atoms with E-state index in [-0.39, 0.29) is 0 Å². The molecule has 0 amide bonds. The number of fused-ring (bicyclic) bond motifs is 2. The first kappa shape index (κ1) is 11.9. The Morgan fingerprint density at radius 2 is 2.40 bits per heavy atom. The number of nitrogens with zero attached hydrogens (tertiary/aromatic N) is 2. The van der Waals surface area contributed by atoms with Crippen molar-refractivity contribution in [3.05, 3.63) is 52.8 Å². The zero-order chi connectivity index (χ0) is 13.5. The van der Waals surface area contributed by atoms with Crippen LogP contribution < -0.4 is 5.32 Å². The predicted octanol–water partition coefficient (Wildman–Crippen LogP) is 3.62. The van der Waals surface area contributed by atoms with E-state index < -0.39 is 6.17 Å². The number of imidazole rings is 1. The minimum atomic E-state index is -1.01. The number of hydrogen-bond acceptors (Lipinski definition) is 3. The van der Waals surface area contributed by atoms with Crippen LogP contribution in [0.15, 0.2) is 36.0 Å². The molecule has 3 heterocycles. The van der Waals surface area contributed by atoms with E-state index >= 15 is 0 Å². The van der Waals surface area contributed by atoms with Crippen LogP contribution in [0.4, 0.5) is 10.1 Å². The normalized spacial score (nSPS) is 15.2. The second-order valence-corrected chi connectivity index (χ2v) is 5.93. The van der Waals surface area contributed by atoms with Gasteiger partial charge in [-0.1, -0.05) is 18.2 Å². The molecule has 0 radical (unpaired) electrons. The minimum absolute atomic E-state index is 0.326. The molecule has 4 rings (SSSR count). The Hall–Kier alpha value is -1.88. The number of thiazole rings is 1. The van der Waals surface area contributed by atoms with Gasteiger partial charge < -0.3 is 5.32 Å². The fraction of sp³-hybridized carbons (Fsp3) is 0.267. The summed E-state index contributed by atoms with van der Waals surface area (Å²) in [6.07, 6.45) is 4.16. The first-order valence-electron chi connectivity index (χ1n) is 6.72. The molecule has 1 atom stereocenters. The topological polar surface area (TPSA) is 29.3 Å². The predicted molar refractivity (Wildman–Crippen MR) is 79.3 cm³/mol. The standard InChI is InChI=1S/C15H14FN3S/c16-13(8-11-9-19-6-7-20-15(19)18-11)12-3-1-2-10-4-5-17-14(10)12/h1-3,6-7,9,13,17H,4-5,8H2. The maximum atomic E-state index is 14.6. The van der Waals surface area contributed by atoms with Gasteiger partial charge in [0.15, 0.2) is 4.96 Å². The number of hydrogen-bond donors (Lipinski definition) is 1. The summed E-state index contributed by atoms with van der Waals surface area (Å²) < 4.78 is 16.6. The van der Waals surface area contributed by atoms with Crippen molar-refractivity contribution in [1.29, 1.82) is 0 Å². The zero-order valence-corrected chi connectivity index (χ0v) is 11.7. The molecule has 0 saturated heterocycles. The van der Waals surface area contributed by atoms with Crippen LogP contribution in [-0.2, 0) is 12.8 Å². The summed E-state index contributed by atoms with van der Waals surface area (Å²) in [5.41, 5.74) is 3.77. The van der Waals surface area contributed by atoms with E-state index in [0.29, 0.717) is 6.42 Å². The molecule has 0 spiro atoms. The van der Waals surface area contributed by atoms with Crippen molar-refractivity contribution >= 4 is 22.0 Å². The number of para-hydroxylation sites is 1. The maximum Gasteiger partial charge on any atom is 0.193 e. The van der Waals surface area contributed by atoms with Crippen LogP contribution in [0, 0.1) is 0 Å². The molecule has 0 bridgehead atoms. The first-order valence-corrected chi connectivity index (χ1v) is 7.60. The van der Waals surface area contributed by atoms with Gasteiger partial charge in [0, 0.05) is 42.0 Å². The van der Waals surface area contributed by atoms with Crippen LogP contribution in [0.2, 0.25) is 0 Å². The molecule has 1 N–H and O–H groups in total. The highest BCUT2D eigenvalue weighted by atomic mass is 32.1. The number of benzene rings is 1. The quantitative estimate of drug-likeness (QED) is 0.797. The highest BCUT2D eigenvalue weighted by molar-refractivity contribution is 7.15. The van der Waals surface area contributed by atoms with Gasteiger partial charge in [-0.2, -0.15) is 0 Å². The number of alkyl halides is 1. The third kappa shape index (κ3) is 1.89. The Morgan fingerprint density at radius 3 is 3.30 bits per heavy atom. The Labute approximate surface area is 120 Å². The number of nitrogens with one attached hydrogen (secondary N) is 1. The van der Waals surface area contributed by atoms with E-state index in [1.165, 1.54) is 5.56 Å². The van der Waals surface area contributed by atoms with Gasteiger partial charge in [0.1, 0.15) is 6.17 Å². The number of anilines is 1. The lowest BCUT2D eigenvalue weighted by molar-refractivity contribution is 0.341. The average molecular weight is 287 g/mol. The summed E-state index contributed by atoms with van der Waals surface area (Å²) in [5.74, 6) is 0. The van der Waals surface area contributed by atoms with E-state index in [0.717, 1.165) is 34.9 Å². The largest absolute Gasteiger partial charge is 0.384 e. The van der Waals surface area contributed by atoms with Crippen LogP contribution in [0.5, 0.6) is 0 Å². The van der Waals surface area contributed by atoms with Crippen LogP contribution in [0.1, 0.15) is 23.0 Å². The van der Waals surface area contributed by atoms with Crippen molar-refractivity contribution in [2.24, 2.45) is 0 Å². The Bertz CT molecular complexity index is 733. The third-order valence-corrected chi connectivity index (χ3v) is 4.52. The van der Waals surface area contributed by atoms with Crippen LogP contribution in [-0.4, -0.2) is 15.9 Å². The molecule has 1 aromatic carbocycles. The smallest absolute Gasteiger partial charge is 0.193 e. The van der Waals surface area contributed by atoms with Crippen molar-refractivity contribution in [2.45, 2.75) is 19.0 Å². The molecule has 0 aliphatic carbocycles. The summed E-state index contributed by atoms with van der Waals surface area (Å²) in [6.45, 7) is 0.902. The summed E-state index contributed by atoms with van der Waals surface area (Å²) in [5, 5.41) is 5.27. The molecule has 0 saturated carbocycles. The van der Waals surface area contributed by atoms with Gasteiger partial charge >= 0.3 is 0 Å². The Morgan fingerprint density at radius 1 is 1.45 bits per heavy atom. The Balaban J connectivity index is 1.63. The third-order valence-electron chi connectivity index (χ3n) is 3.75. The molecule has 0 fully saturated rings. The van der Waals surface area contributed by atoms with E-state index in [1.54, 1.807) is 11.3 Å². The lowest BCUT2D eigenvalue weighted by Crippen LogP contribution is -2.02. The summed E-state index contributed by atoms with van der Waals surface area (Å²) in [6, 6.07) is 5.89. The molecule has 1 unspecified atom stereocenters. The minimum Gasteiger partial charge on any atom is -0.384 e. The molecule has 3 nitrogen and oxygen atoms in total. The second kappa shape index (κ2) is 4.59. The van der Waals surface area contributed by atoms with Crippen LogP contribution >= 0.6 is 11.3 Å². The molecular formula is C15H14FN3S. The lowest BCUT2D eigenvalue weighted by Gasteiger charge is -2.12. The van der Waals surface area contributed by atoms with Gasteiger partial charge in [-0.05, 0) is 12.0 Å². The second-order valence-electron chi connectivity index (χ2n) is 5.05. The van der Waals surface area contributed by atoms with Gasteiger partial charge in [0.05, 0.1) is 5.69 Å². The highest BCUT2D eigenvalue weighted by Crippen LogP contribution is 2.34. The lowest BCUT2D eigenvalue weighted by atomic mass is 10.0. The first-order chi connectivity index (χ1) is 9.81. The molecular weight excluding hydrogens is 273 g/mol. The van der Waals surface area contributed by atoms with Crippen molar-refractivity contribution in [1.82, 2.24) is 9.38 Å². The van der Waals surface area contributed by atoms with Crippen molar-refractivity contribution in [2.75, 3.05) is 11.9 Å². The fourth-order valence-corrected chi connectivity index (χ4v) is 3.51. The van der Waals surface area contributed by atoms with E-state index in [2.05, 4.69) is 16.4 Å². The van der Waals surface area contributed by atoms with Crippen molar-refractivity contribution in [3.63, 3.8) is 0 Å². The molecule has 102 valence electrons. The van der Waals surface area contributed by atoms with Gasteiger partial charge in [0.25, 0.3) is 0 Å². The van der Waals surface area contributed by atoms with Gasteiger partial charge in [-0.15, -0.1) is 11.3 Å². The van der Waals surface area contributed by atoms with E-state index in [4.69, 9.17) is 0 Å². The summed E-state index contributed by atoms with van der Waals surface area (Å²) >= 11 is 1.57.